The Balaban J connectivity index is 2.86. The molecule has 0 bridgehead atoms. The quantitative estimate of drug-likeness (QED) is 0.562. The number of rotatable bonds is 4. The number of hydrogen-bond donors (Lipinski definition) is 1. The summed E-state index contributed by atoms with van der Waals surface area (Å²) >= 11 is 0. The fourth-order valence-corrected chi connectivity index (χ4v) is 0.458. The van der Waals surface area contributed by atoms with E-state index in [0.717, 1.165) is 6.16 Å². The molecule has 0 aromatic carbocycles. The molecule has 0 aliphatic rings. The molecule has 3 heteroatoms. The van der Waals surface area contributed by atoms with Crippen molar-refractivity contribution in [3.63, 3.8) is 0 Å². The molecule has 0 fully saturated rings. The van der Waals surface area contributed by atoms with E-state index in [1.165, 1.54) is 0 Å². The minimum absolute atomic E-state index is 0.120. The molecule has 0 aromatic rings. The SMILES string of the molecule is CC(CP)OCCO. The van der Waals surface area contributed by atoms with Gasteiger partial charge in [-0.15, -0.1) is 9.24 Å². The topological polar surface area (TPSA) is 29.5 Å². The summed E-state index contributed by atoms with van der Waals surface area (Å²) in [6.07, 6.45) is 1.19. The maximum atomic E-state index is 8.28. The van der Waals surface area contributed by atoms with E-state index in [1.807, 2.05) is 6.92 Å². The molecule has 0 rings (SSSR count). The standard InChI is InChI=1S/C5H13O2P/c1-5(4-8)7-3-2-6/h5-6H,2-4,8H2,1H3. The highest BCUT2D eigenvalue weighted by molar-refractivity contribution is 7.16. The zero-order chi connectivity index (χ0) is 6.41. The average Bonchev–Trinajstić information content (AvgIpc) is 1.83. The number of ether oxygens (including phenoxy) is 1. The molecule has 50 valence electrons. The summed E-state index contributed by atoms with van der Waals surface area (Å²) in [5, 5.41) is 8.28. The number of aliphatic hydroxyl groups is 1. The molecular formula is C5H13O2P. The minimum Gasteiger partial charge on any atom is -0.394 e. The van der Waals surface area contributed by atoms with Crippen LogP contribution >= 0.6 is 9.24 Å². The van der Waals surface area contributed by atoms with Gasteiger partial charge in [-0.3, -0.25) is 0 Å². The lowest BCUT2D eigenvalue weighted by atomic mass is 10.5. The average molecular weight is 136 g/mol. The fourth-order valence-electron chi connectivity index (χ4n) is 0.322. The third-order valence-corrected chi connectivity index (χ3v) is 1.49. The molecule has 0 heterocycles. The van der Waals surface area contributed by atoms with Gasteiger partial charge in [-0.2, -0.15) is 0 Å². The van der Waals surface area contributed by atoms with Crippen molar-refractivity contribution in [2.45, 2.75) is 13.0 Å². The lowest BCUT2D eigenvalue weighted by molar-refractivity contribution is 0.0518. The maximum absolute atomic E-state index is 8.28. The van der Waals surface area contributed by atoms with Gasteiger partial charge in [-0.05, 0) is 13.1 Å². The molecule has 0 radical (unpaired) electrons. The first kappa shape index (κ1) is 8.35. The first-order chi connectivity index (χ1) is 3.81. The Morgan fingerprint density at radius 1 is 1.75 bits per heavy atom. The Morgan fingerprint density at radius 3 is 2.75 bits per heavy atom. The minimum atomic E-state index is 0.120. The van der Waals surface area contributed by atoms with Crippen molar-refractivity contribution in [3.8, 4) is 0 Å². The molecule has 0 saturated carbocycles. The maximum Gasteiger partial charge on any atom is 0.0701 e. The molecule has 8 heavy (non-hydrogen) atoms. The summed E-state index contributed by atoms with van der Waals surface area (Å²) in [5.41, 5.74) is 0. The van der Waals surface area contributed by atoms with Crippen LogP contribution in [-0.2, 0) is 4.74 Å². The summed E-state index contributed by atoms with van der Waals surface area (Å²) in [6.45, 7) is 2.55. The highest BCUT2D eigenvalue weighted by Crippen LogP contribution is 1.93. The van der Waals surface area contributed by atoms with Crippen LogP contribution in [-0.4, -0.2) is 30.6 Å². The molecule has 2 unspecified atom stereocenters. The summed E-state index contributed by atoms with van der Waals surface area (Å²) in [5.74, 6) is 0. The first-order valence-corrected chi connectivity index (χ1v) is 3.55. The van der Waals surface area contributed by atoms with Crippen LogP contribution in [0.4, 0.5) is 0 Å². The highest BCUT2D eigenvalue weighted by Gasteiger charge is 1.94. The molecule has 0 aromatic heterocycles. The lowest BCUT2D eigenvalue weighted by Gasteiger charge is -2.07. The van der Waals surface area contributed by atoms with E-state index in [4.69, 9.17) is 9.84 Å². The third kappa shape index (κ3) is 4.51. The second-order valence-electron chi connectivity index (χ2n) is 1.64. The van der Waals surface area contributed by atoms with Crippen LogP contribution in [0, 0.1) is 0 Å². The van der Waals surface area contributed by atoms with Crippen LogP contribution in [0.5, 0.6) is 0 Å². The molecule has 2 atom stereocenters. The van der Waals surface area contributed by atoms with Crippen molar-refractivity contribution >= 4 is 9.24 Å². The normalized spacial score (nSPS) is 13.9. The smallest absolute Gasteiger partial charge is 0.0701 e. The second kappa shape index (κ2) is 5.49. The van der Waals surface area contributed by atoms with E-state index in [2.05, 4.69) is 9.24 Å². The summed E-state index contributed by atoms with van der Waals surface area (Å²) in [6, 6.07) is 0. The van der Waals surface area contributed by atoms with Crippen molar-refractivity contribution in [2.24, 2.45) is 0 Å². The van der Waals surface area contributed by atoms with Gasteiger partial charge in [0.1, 0.15) is 0 Å². The Kier molecular flexibility index (Phi) is 5.73. The first-order valence-electron chi connectivity index (χ1n) is 2.73. The van der Waals surface area contributed by atoms with Crippen molar-refractivity contribution < 1.29 is 9.84 Å². The predicted molar refractivity (Wildman–Crippen MR) is 37.1 cm³/mol. The fraction of sp³-hybridized carbons (Fsp3) is 1.00. The van der Waals surface area contributed by atoms with Gasteiger partial charge < -0.3 is 9.84 Å². The monoisotopic (exact) mass is 136 g/mol. The van der Waals surface area contributed by atoms with E-state index < -0.39 is 0 Å². The Labute approximate surface area is 52.4 Å². The molecule has 0 saturated heterocycles. The second-order valence-corrected chi connectivity index (χ2v) is 2.11. The lowest BCUT2D eigenvalue weighted by Crippen LogP contribution is -2.11. The van der Waals surface area contributed by atoms with Crippen LogP contribution in [0.3, 0.4) is 0 Å². The highest BCUT2D eigenvalue weighted by atomic mass is 31.0. The van der Waals surface area contributed by atoms with Crippen molar-refractivity contribution in [1.29, 1.82) is 0 Å². The summed E-state index contributed by atoms with van der Waals surface area (Å²) < 4.78 is 5.07. The van der Waals surface area contributed by atoms with Crippen LogP contribution in [0.1, 0.15) is 6.92 Å². The van der Waals surface area contributed by atoms with E-state index in [-0.39, 0.29) is 12.7 Å². The van der Waals surface area contributed by atoms with Gasteiger partial charge in [0.05, 0.1) is 19.3 Å². The molecular weight excluding hydrogens is 123 g/mol. The largest absolute Gasteiger partial charge is 0.394 e. The molecule has 2 nitrogen and oxygen atoms in total. The number of hydrogen-bond acceptors (Lipinski definition) is 2. The van der Waals surface area contributed by atoms with E-state index in [9.17, 15) is 0 Å². The van der Waals surface area contributed by atoms with Crippen LogP contribution in [0.15, 0.2) is 0 Å². The predicted octanol–water partition coefficient (Wildman–Crippen LogP) is 0.259. The van der Waals surface area contributed by atoms with Crippen molar-refractivity contribution in [1.82, 2.24) is 0 Å². The van der Waals surface area contributed by atoms with Gasteiger partial charge in [0.15, 0.2) is 0 Å². The Hall–Kier alpha value is 0.350. The number of aliphatic hydroxyl groups excluding tert-OH is 1. The van der Waals surface area contributed by atoms with Gasteiger partial charge >= 0.3 is 0 Å². The van der Waals surface area contributed by atoms with Crippen molar-refractivity contribution in [2.75, 3.05) is 19.4 Å². The van der Waals surface area contributed by atoms with E-state index in [1.54, 1.807) is 0 Å². The molecule has 0 aliphatic carbocycles. The van der Waals surface area contributed by atoms with Crippen LogP contribution in [0.2, 0.25) is 0 Å². The Bertz CT molecular complexity index is 49.7. The zero-order valence-electron chi connectivity index (χ0n) is 5.13. The van der Waals surface area contributed by atoms with Gasteiger partial charge in [0.25, 0.3) is 0 Å². The Morgan fingerprint density at radius 2 is 2.38 bits per heavy atom. The van der Waals surface area contributed by atoms with Crippen molar-refractivity contribution in [3.05, 3.63) is 0 Å². The van der Waals surface area contributed by atoms with Crippen LogP contribution < -0.4 is 0 Å². The van der Waals surface area contributed by atoms with Crippen LogP contribution in [0.25, 0.3) is 0 Å². The summed E-state index contributed by atoms with van der Waals surface area (Å²) in [7, 11) is 2.58. The molecule has 0 spiro atoms. The van der Waals surface area contributed by atoms with E-state index in [0.29, 0.717) is 6.61 Å². The van der Waals surface area contributed by atoms with Gasteiger partial charge in [0, 0.05) is 0 Å². The van der Waals surface area contributed by atoms with Gasteiger partial charge in [-0.25, -0.2) is 0 Å². The summed E-state index contributed by atoms with van der Waals surface area (Å²) in [4.78, 5) is 0. The molecule has 1 N–H and O–H groups in total. The zero-order valence-corrected chi connectivity index (χ0v) is 6.29. The molecule has 0 amide bonds. The van der Waals surface area contributed by atoms with Gasteiger partial charge in [0.2, 0.25) is 0 Å². The van der Waals surface area contributed by atoms with Gasteiger partial charge in [-0.1, -0.05) is 0 Å². The van der Waals surface area contributed by atoms with E-state index >= 15 is 0 Å². The third-order valence-electron chi connectivity index (χ3n) is 0.826. The molecule has 0 aliphatic heterocycles.